The number of hydrogen-bond acceptors (Lipinski definition) is 6. The number of aromatic nitrogens is 2. The summed E-state index contributed by atoms with van der Waals surface area (Å²) in [6, 6.07) is 10.2. The Hall–Kier alpha value is -2.09. The van der Waals surface area contributed by atoms with Crippen LogP contribution in [0.5, 0.6) is 0 Å². The van der Waals surface area contributed by atoms with E-state index in [1.54, 1.807) is 17.5 Å². The van der Waals surface area contributed by atoms with Gasteiger partial charge in [-0.3, -0.25) is 10.1 Å². The number of nitrogens with one attached hydrogen (secondary N) is 2. The van der Waals surface area contributed by atoms with Gasteiger partial charge in [-0.1, -0.05) is 30.3 Å². The minimum Gasteiger partial charge on any atom is -0.317 e. The maximum atomic E-state index is 12.5. The van der Waals surface area contributed by atoms with Gasteiger partial charge in [-0.2, -0.15) is 0 Å². The normalized spacial score (nSPS) is 15.1. The molecule has 1 aliphatic rings. The molecule has 1 fully saturated rings. The van der Waals surface area contributed by atoms with Crippen molar-refractivity contribution in [2.24, 2.45) is 0 Å². The molecule has 0 spiro atoms. The second-order valence-corrected chi connectivity index (χ2v) is 8.50. The summed E-state index contributed by atoms with van der Waals surface area (Å²) >= 11 is 3.02. The summed E-state index contributed by atoms with van der Waals surface area (Å²) in [4.78, 5) is 23.1. The highest BCUT2D eigenvalue weighted by Gasteiger charge is 2.19. The van der Waals surface area contributed by atoms with Crippen molar-refractivity contribution < 1.29 is 4.79 Å². The summed E-state index contributed by atoms with van der Waals surface area (Å²) in [7, 11) is 0. The smallest absolute Gasteiger partial charge is 0.269 e. The number of anilines is 1. The standard InChI is InChI=1S/C19H20N4OS2/c24-18(16-12-21-17(25-16)10-13-4-2-1-3-5-13)23-19-22-11-15(26-19)14-6-8-20-9-7-14/h1-5,11-12,14,20H,6-10H2,(H,22,23,24). The second kappa shape index (κ2) is 8.07. The van der Waals surface area contributed by atoms with Crippen LogP contribution in [0.25, 0.3) is 0 Å². The van der Waals surface area contributed by atoms with Gasteiger partial charge in [0.25, 0.3) is 5.91 Å². The van der Waals surface area contributed by atoms with E-state index in [-0.39, 0.29) is 5.91 Å². The Bertz CT molecular complexity index is 869. The van der Waals surface area contributed by atoms with Crippen LogP contribution in [0, 0.1) is 0 Å². The van der Waals surface area contributed by atoms with Gasteiger partial charge in [0.1, 0.15) is 4.88 Å². The van der Waals surface area contributed by atoms with Gasteiger partial charge in [0.2, 0.25) is 0 Å². The van der Waals surface area contributed by atoms with Gasteiger partial charge in [0, 0.05) is 17.5 Å². The summed E-state index contributed by atoms with van der Waals surface area (Å²) in [5, 5.41) is 7.90. The first-order chi connectivity index (χ1) is 12.8. The zero-order chi connectivity index (χ0) is 17.8. The van der Waals surface area contributed by atoms with Gasteiger partial charge >= 0.3 is 0 Å². The number of piperidine rings is 1. The number of benzene rings is 1. The first-order valence-electron chi connectivity index (χ1n) is 8.74. The molecule has 2 aromatic heterocycles. The van der Waals surface area contributed by atoms with E-state index in [9.17, 15) is 4.79 Å². The number of carbonyl (C=O) groups excluding carboxylic acids is 1. The van der Waals surface area contributed by atoms with Gasteiger partial charge in [0.15, 0.2) is 5.13 Å². The maximum Gasteiger partial charge on any atom is 0.269 e. The average Bonchev–Trinajstić information content (AvgIpc) is 3.33. The number of nitrogens with zero attached hydrogens (tertiary/aromatic N) is 2. The summed E-state index contributed by atoms with van der Waals surface area (Å²) in [6.45, 7) is 2.10. The average molecular weight is 385 g/mol. The molecule has 7 heteroatoms. The first-order valence-corrected chi connectivity index (χ1v) is 10.4. The fraction of sp³-hybridized carbons (Fsp3) is 0.316. The molecule has 5 nitrogen and oxygen atoms in total. The van der Waals surface area contributed by atoms with Crippen LogP contribution in [0.1, 0.15) is 43.9 Å². The molecule has 1 saturated heterocycles. The van der Waals surface area contributed by atoms with Crippen LogP contribution in [0.4, 0.5) is 5.13 Å². The molecular weight excluding hydrogens is 364 g/mol. The predicted octanol–water partition coefficient (Wildman–Crippen LogP) is 3.91. The van der Waals surface area contributed by atoms with Crippen LogP contribution in [0.15, 0.2) is 42.7 Å². The van der Waals surface area contributed by atoms with Crippen LogP contribution >= 0.6 is 22.7 Å². The van der Waals surface area contributed by atoms with Crippen LogP contribution in [0.2, 0.25) is 0 Å². The van der Waals surface area contributed by atoms with E-state index < -0.39 is 0 Å². The van der Waals surface area contributed by atoms with Crippen molar-refractivity contribution in [1.29, 1.82) is 0 Å². The van der Waals surface area contributed by atoms with Gasteiger partial charge in [-0.05, 0) is 37.4 Å². The van der Waals surface area contributed by atoms with Gasteiger partial charge in [-0.25, -0.2) is 9.97 Å². The molecule has 0 atom stereocenters. The Morgan fingerprint density at radius 1 is 1.12 bits per heavy atom. The van der Waals surface area contributed by atoms with Crippen LogP contribution in [-0.4, -0.2) is 29.0 Å². The van der Waals surface area contributed by atoms with Crippen molar-refractivity contribution in [2.75, 3.05) is 18.4 Å². The highest BCUT2D eigenvalue weighted by Crippen LogP contribution is 2.32. The van der Waals surface area contributed by atoms with E-state index in [4.69, 9.17) is 0 Å². The zero-order valence-corrected chi connectivity index (χ0v) is 15.9. The van der Waals surface area contributed by atoms with E-state index in [2.05, 4.69) is 32.7 Å². The van der Waals surface area contributed by atoms with Crippen molar-refractivity contribution >= 4 is 33.7 Å². The van der Waals surface area contributed by atoms with Gasteiger partial charge in [0.05, 0.1) is 11.2 Å². The Kier molecular flexibility index (Phi) is 5.38. The second-order valence-electron chi connectivity index (χ2n) is 6.33. The van der Waals surface area contributed by atoms with Crippen molar-refractivity contribution in [3.8, 4) is 0 Å². The van der Waals surface area contributed by atoms with E-state index in [0.717, 1.165) is 37.4 Å². The van der Waals surface area contributed by atoms with Gasteiger partial charge in [-0.15, -0.1) is 22.7 Å². The van der Waals surface area contributed by atoms with Crippen molar-refractivity contribution in [2.45, 2.75) is 25.2 Å². The van der Waals surface area contributed by atoms with E-state index in [1.165, 1.54) is 21.8 Å². The number of rotatable bonds is 5. The lowest BCUT2D eigenvalue weighted by Crippen LogP contribution is -2.26. The first kappa shape index (κ1) is 17.3. The molecule has 0 bridgehead atoms. The minimum absolute atomic E-state index is 0.131. The molecule has 26 heavy (non-hydrogen) atoms. The lowest BCUT2D eigenvalue weighted by Gasteiger charge is -2.20. The quantitative estimate of drug-likeness (QED) is 0.700. The summed E-state index contributed by atoms with van der Waals surface area (Å²) < 4.78 is 0. The van der Waals surface area contributed by atoms with E-state index >= 15 is 0 Å². The Morgan fingerprint density at radius 3 is 2.73 bits per heavy atom. The van der Waals surface area contributed by atoms with E-state index in [0.29, 0.717) is 15.9 Å². The third-order valence-corrected chi connectivity index (χ3v) is 6.53. The van der Waals surface area contributed by atoms with E-state index in [1.807, 2.05) is 24.4 Å². The number of hydrogen-bond donors (Lipinski definition) is 2. The Labute approximate surface area is 160 Å². The van der Waals surface area contributed by atoms with Crippen LogP contribution < -0.4 is 10.6 Å². The molecule has 1 amide bonds. The zero-order valence-electron chi connectivity index (χ0n) is 14.3. The molecule has 3 heterocycles. The van der Waals surface area contributed by atoms with Gasteiger partial charge < -0.3 is 5.32 Å². The highest BCUT2D eigenvalue weighted by molar-refractivity contribution is 7.16. The third kappa shape index (κ3) is 4.17. The summed E-state index contributed by atoms with van der Waals surface area (Å²) in [6.07, 6.45) is 6.57. The molecule has 0 saturated carbocycles. The highest BCUT2D eigenvalue weighted by atomic mass is 32.1. The molecule has 3 aromatic rings. The molecule has 2 N–H and O–H groups in total. The lowest BCUT2D eigenvalue weighted by molar-refractivity contribution is 0.103. The third-order valence-electron chi connectivity index (χ3n) is 4.46. The number of amides is 1. The van der Waals surface area contributed by atoms with Crippen molar-refractivity contribution in [3.63, 3.8) is 0 Å². The summed E-state index contributed by atoms with van der Waals surface area (Å²) in [5.74, 6) is 0.424. The lowest BCUT2D eigenvalue weighted by atomic mass is 9.97. The maximum absolute atomic E-state index is 12.5. The van der Waals surface area contributed by atoms with Crippen molar-refractivity contribution in [1.82, 2.24) is 15.3 Å². The Balaban J connectivity index is 1.38. The number of carbonyl (C=O) groups is 1. The SMILES string of the molecule is O=C(Nc1ncc(C2CCNCC2)s1)c1cnc(Cc2ccccc2)s1. The molecule has 1 aliphatic heterocycles. The molecule has 134 valence electrons. The fourth-order valence-corrected chi connectivity index (χ4v) is 4.89. The molecule has 1 aromatic carbocycles. The van der Waals surface area contributed by atoms with Crippen molar-refractivity contribution in [3.05, 3.63) is 63.1 Å². The molecule has 4 rings (SSSR count). The molecule has 0 aliphatic carbocycles. The van der Waals surface area contributed by atoms with Crippen LogP contribution in [0.3, 0.4) is 0 Å². The molecule has 0 radical (unpaired) electrons. The largest absolute Gasteiger partial charge is 0.317 e. The molecular formula is C19H20N4OS2. The predicted molar refractivity (Wildman–Crippen MR) is 106 cm³/mol. The number of thiazole rings is 2. The summed E-state index contributed by atoms with van der Waals surface area (Å²) in [5.41, 5.74) is 1.19. The molecule has 0 unspecified atom stereocenters. The topological polar surface area (TPSA) is 66.9 Å². The Morgan fingerprint density at radius 2 is 1.92 bits per heavy atom. The van der Waals surface area contributed by atoms with Crippen LogP contribution in [-0.2, 0) is 6.42 Å². The monoisotopic (exact) mass is 384 g/mol. The minimum atomic E-state index is -0.131. The fourth-order valence-electron chi connectivity index (χ4n) is 3.07.